The van der Waals surface area contributed by atoms with E-state index >= 15 is 0 Å². The zero-order valence-corrected chi connectivity index (χ0v) is 20.3. The Labute approximate surface area is 199 Å². The number of carbonyl (C=O) groups excluding carboxylic acids is 1. The van der Waals surface area contributed by atoms with E-state index in [2.05, 4.69) is 53.4 Å². The molecule has 4 rings (SSSR count). The Hall–Kier alpha value is -2.44. The van der Waals surface area contributed by atoms with E-state index in [1.807, 2.05) is 24.3 Å². The third-order valence-corrected chi connectivity index (χ3v) is 6.64. The standard InChI is InChI=1S/C27H38N4O2.H2/c1-27(2,3)33-19-29-24-15-16-31(18-24)25-14-13-23(17-28-25)30-26(32)22-11-9-21(10-12-22)20-7-5-4-6-8-20;/h9-14,17,20,24,29H,4-8,15-16,18-19H2,1-3H3,(H,30,32);1H. The molecule has 2 aromatic rings. The van der Waals surface area contributed by atoms with E-state index in [4.69, 9.17) is 4.74 Å². The molecule has 2 heterocycles. The fourth-order valence-electron chi connectivity index (χ4n) is 4.70. The van der Waals surface area contributed by atoms with E-state index in [0.29, 0.717) is 29.9 Å². The number of amides is 1. The van der Waals surface area contributed by atoms with E-state index in [1.165, 1.54) is 37.7 Å². The van der Waals surface area contributed by atoms with Crippen molar-refractivity contribution in [3.8, 4) is 0 Å². The van der Waals surface area contributed by atoms with Crippen LogP contribution >= 0.6 is 0 Å². The van der Waals surface area contributed by atoms with Crippen molar-refractivity contribution in [3.63, 3.8) is 0 Å². The molecule has 0 spiro atoms. The van der Waals surface area contributed by atoms with E-state index in [1.54, 1.807) is 6.20 Å². The van der Waals surface area contributed by atoms with Crippen molar-refractivity contribution in [1.29, 1.82) is 0 Å². The van der Waals surface area contributed by atoms with Crippen LogP contribution < -0.4 is 15.5 Å². The zero-order chi connectivity index (χ0) is 23.3. The van der Waals surface area contributed by atoms with Gasteiger partial charge in [0.2, 0.25) is 0 Å². The predicted molar refractivity (Wildman–Crippen MR) is 136 cm³/mol. The van der Waals surface area contributed by atoms with Crippen molar-refractivity contribution in [3.05, 3.63) is 53.7 Å². The van der Waals surface area contributed by atoms with Crippen LogP contribution in [0.25, 0.3) is 0 Å². The summed E-state index contributed by atoms with van der Waals surface area (Å²) in [5, 5.41) is 6.45. The highest BCUT2D eigenvalue weighted by molar-refractivity contribution is 6.04. The normalized spacial score (nSPS) is 19.6. The summed E-state index contributed by atoms with van der Waals surface area (Å²) in [5.41, 5.74) is 2.63. The first kappa shape index (κ1) is 23.7. The molecular formula is C27H40N4O2. The highest BCUT2D eigenvalue weighted by atomic mass is 16.5. The molecule has 2 aliphatic rings. The molecule has 1 saturated heterocycles. The van der Waals surface area contributed by atoms with Gasteiger partial charge in [0.05, 0.1) is 24.2 Å². The molecule has 1 aliphatic heterocycles. The highest BCUT2D eigenvalue weighted by Crippen LogP contribution is 2.32. The lowest BCUT2D eigenvalue weighted by Gasteiger charge is -2.22. The molecule has 1 saturated carbocycles. The fourth-order valence-corrected chi connectivity index (χ4v) is 4.70. The Balaban J connectivity index is 0.00000324. The number of benzene rings is 1. The van der Waals surface area contributed by atoms with E-state index < -0.39 is 0 Å². The SMILES string of the molecule is CC(C)(C)OCNC1CCN(c2ccc(NC(=O)c3ccc(C4CCCCC4)cc3)cn2)C1.[HH]. The minimum absolute atomic E-state index is 0. The number of pyridine rings is 1. The fraction of sp³-hybridized carbons (Fsp3) is 0.556. The summed E-state index contributed by atoms with van der Waals surface area (Å²) in [5.74, 6) is 1.49. The van der Waals surface area contributed by atoms with Crippen molar-refractivity contribution in [2.24, 2.45) is 0 Å². The average molecular weight is 453 g/mol. The van der Waals surface area contributed by atoms with Crippen molar-refractivity contribution in [2.75, 3.05) is 30.0 Å². The number of hydrogen-bond acceptors (Lipinski definition) is 5. The van der Waals surface area contributed by atoms with Gasteiger partial charge >= 0.3 is 0 Å². The first-order valence-corrected chi connectivity index (χ1v) is 12.4. The molecule has 33 heavy (non-hydrogen) atoms. The van der Waals surface area contributed by atoms with Gasteiger partial charge in [-0.25, -0.2) is 4.98 Å². The van der Waals surface area contributed by atoms with Crippen LogP contribution in [0.5, 0.6) is 0 Å². The van der Waals surface area contributed by atoms with Gasteiger partial charge in [-0.3, -0.25) is 10.1 Å². The second kappa shape index (κ2) is 10.7. The lowest BCUT2D eigenvalue weighted by molar-refractivity contribution is -0.0163. The molecule has 2 fully saturated rings. The first-order valence-electron chi connectivity index (χ1n) is 12.4. The van der Waals surface area contributed by atoms with Crippen LogP contribution in [0.2, 0.25) is 0 Å². The average Bonchev–Trinajstić information content (AvgIpc) is 3.28. The van der Waals surface area contributed by atoms with E-state index in [-0.39, 0.29) is 12.9 Å². The molecule has 1 aromatic heterocycles. The summed E-state index contributed by atoms with van der Waals surface area (Å²) in [6.07, 6.45) is 9.32. The van der Waals surface area contributed by atoms with Gasteiger partial charge in [-0.05, 0) is 75.8 Å². The van der Waals surface area contributed by atoms with Crippen LogP contribution in [0.4, 0.5) is 11.5 Å². The molecule has 0 bridgehead atoms. The topological polar surface area (TPSA) is 66.5 Å². The number of aromatic nitrogens is 1. The molecule has 1 unspecified atom stereocenters. The summed E-state index contributed by atoms with van der Waals surface area (Å²) in [4.78, 5) is 19.5. The van der Waals surface area contributed by atoms with Crippen LogP contribution in [0, 0.1) is 0 Å². The number of ether oxygens (including phenoxy) is 1. The maximum absolute atomic E-state index is 12.7. The number of nitrogens with zero attached hydrogens (tertiary/aromatic N) is 2. The van der Waals surface area contributed by atoms with Gasteiger partial charge in [-0.2, -0.15) is 0 Å². The lowest BCUT2D eigenvalue weighted by Crippen LogP contribution is -2.37. The Morgan fingerprint density at radius 3 is 2.52 bits per heavy atom. The maximum atomic E-state index is 12.7. The largest absolute Gasteiger partial charge is 0.361 e. The molecule has 1 aromatic carbocycles. The highest BCUT2D eigenvalue weighted by Gasteiger charge is 2.23. The smallest absolute Gasteiger partial charge is 0.255 e. The van der Waals surface area contributed by atoms with Gasteiger partial charge in [0.15, 0.2) is 0 Å². The summed E-state index contributed by atoms with van der Waals surface area (Å²) < 4.78 is 5.77. The van der Waals surface area contributed by atoms with E-state index in [9.17, 15) is 4.79 Å². The molecule has 2 N–H and O–H groups in total. The number of nitrogens with one attached hydrogen (secondary N) is 2. The molecule has 6 heteroatoms. The van der Waals surface area contributed by atoms with Crippen LogP contribution in [0.15, 0.2) is 42.6 Å². The Kier molecular flexibility index (Phi) is 7.66. The van der Waals surface area contributed by atoms with Gasteiger partial charge in [0, 0.05) is 26.1 Å². The molecule has 1 aliphatic carbocycles. The molecule has 6 nitrogen and oxygen atoms in total. The van der Waals surface area contributed by atoms with Crippen molar-refractivity contribution in [1.82, 2.24) is 10.3 Å². The van der Waals surface area contributed by atoms with Crippen molar-refractivity contribution >= 4 is 17.4 Å². The Morgan fingerprint density at radius 2 is 1.85 bits per heavy atom. The van der Waals surface area contributed by atoms with E-state index in [0.717, 1.165) is 25.3 Å². The summed E-state index contributed by atoms with van der Waals surface area (Å²) in [6, 6.07) is 12.4. The quantitative estimate of drug-likeness (QED) is 0.538. The summed E-state index contributed by atoms with van der Waals surface area (Å²) >= 11 is 0. The molecule has 180 valence electrons. The predicted octanol–water partition coefficient (Wildman–Crippen LogP) is 5.57. The van der Waals surface area contributed by atoms with Gasteiger partial charge in [-0.1, -0.05) is 31.4 Å². The minimum atomic E-state index is -0.134. The third-order valence-electron chi connectivity index (χ3n) is 6.64. The number of hydrogen-bond donors (Lipinski definition) is 2. The monoisotopic (exact) mass is 452 g/mol. The maximum Gasteiger partial charge on any atom is 0.255 e. The molecule has 1 atom stereocenters. The second-order valence-electron chi connectivity index (χ2n) is 10.4. The summed E-state index contributed by atoms with van der Waals surface area (Å²) in [7, 11) is 0. The third kappa shape index (κ3) is 6.78. The van der Waals surface area contributed by atoms with Gasteiger partial charge in [0.25, 0.3) is 5.91 Å². The van der Waals surface area contributed by atoms with Crippen LogP contribution in [0.1, 0.15) is 82.6 Å². The Bertz CT molecular complexity index is 906. The van der Waals surface area contributed by atoms with Crippen molar-refractivity contribution in [2.45, 2.75) is 76.9 Å². The van der Waals surface area contributed by atoms with Gasteiger partial charge < -0.3 is 15.0 Å². The van der Waals surface area contributed by atoms with Crippen molar-refractivity contribution < 1.29 is 11.0 Å². The minimum Gasteiger partial charge on any atom is -0.361 e. The van der Waals surface area contributed by atoms with Gasteiger partial charge in [-0.15, -0.1) is 0 Å². The Morgan fingerprint density at radius 1 is 1.09 bits per heavy atom. The zero-order valence-electron chi connectivity index (χ0n) is 20.3. The number of rotatable bonds is 7. The number of anilines is 2. The van der Waals surface area contributed by atoms with Crippen LogP contribution in [-0.2, 0) is 4.74 Å². The molecule has 0 radical (unpaired) electrons. The number of carbonyl (C=O) groups is 1. The van der Waals surface area contributed by atoms with Crippen LogP contribution in [0.3, 0.4) is 0 Å². The molecule has 1 amide bonds. The molecular weight excluding hydrogens is 412 g/mol. The first-order chi connectivity index (χ1) is 15.9. The lowest BCUT2D eigenvalue weighted by atomic mass is 9.84. The van der Waals surface area contributed by atoms with Crippen LogP contribution in [-0.4, -0.2) is 42.4 Å². The second-order valence-corrected chi connectivity index (χ2v) is 10.4. The van der Waals surface area contributed by atoms with Gasteiger partial charge in [0.1, 0.15) is 5.82 Å². The summed E-state index contributed by atoms with van der Waals surface area (Å²) in [6.45, 7) is 8.60.